The largest absolute Gasteiger partial charge is 0.418 e. The highest BCUT2D eigenvalue weighted by Gasteiger charge is 2.23. The van der Waals surface area contributed by atoms with Crippen molar-refractivity contribution in [3.8, 4) is 5.75 Å². The van der Waals surface area contributed by atoms with E-state index in [0.29, 0.717) is 16.3 Å². The Morgan fingerprint density at radius 3 is 2.54 bits per heavy atom. The van der Waals surface area contributed by atoms with Crippen molar-refractivity contribution in [3.63, 3.8) is 0 Å². The fourth-order valence-electron chi connectivity index (χ4n) is 2.30. The van der Waals surface area contributed by atoms with Crippen molar-refractivity contribution in [2.45, 2.75) is 6.54 Å². The van der Waals surface area contributed by atoms with Crippen molar-refractivity contribution in [2.24, 2.45) is 0 Å². The van der Waals surface area contributed by atoms with Gasteiger partial charge in [-0.15, -0.1) is 0 Å². The Labute approximate surface area is 148 Å². The molecule has 3 rings (SSSR count). The summed E-state index contributed by atoms with van der Waals surface area (Å²) in [5.41, 5.74) is -0.677. The summed E-state index contributed by atoms with van der Waals surface area (Å²) in [7, 11) is 0. The Morgan fingerprint density at radius 1 is 1.12 bits per heavy atom. The molecule has 26 heavy (non-hydrogen) atoms. The van der Waals surface area contributed by atoms with Crippen LogP contribution in [0, 0.1) is 20.2 Å². The third-order valence-electron chi connectivity index (χ3n) is 3.43. The molecule has 2 aromatic carbocycles. The maximum atomic E-state index is 12.1. The minimum absolute atomic E-state index is 0.374. The van der Waals surface area contributed by atoms with E-state index in [0.717, 1.165) is 23.5 Å². The molecule has 0 saturated carbocycles. The molecule has 3 aromatic rings. The third kappa shape index (κ3) is 3.28. The fraction of sp³-hybridized carbons (Fsp3) is 0.0667. The lowest BCUT2D eigenvalue weighted by atomic mass is 10.2. The van der Waals surface area contributed by atoms with Gasteiger partial charge in [0.1, 0.15) is 6.54 Å². The lowest BCUT2D eigenvalue weighted by Crippen LogP contribution is -2.23. The van der Waals surface area contributed by atoms with Gasteiger partial charge in [-0.3, -0.25) is 29.6 Å². The van der Waals surface area contributed by atoms with Crippen LogP contribution in [0.1, 0.15) is 0 Å². The summed E-state index contributed by atoms with van der Waals surface area (Å²) >= 11 is 0.957. The van der Waals surface area contributed by atoms with Gasteiger partial charge in [0.2, 0.25) is 5.75 Å². The quantitative estimate of drug-likeness (QED) is 0.289. The smallest absolute Gasteiger partial charge is 0.331 e. The van der Waals surface area contributed by atoms with Crippen LogP contribution in [-0.2, 0) is 11.3 Å². The van der Waals surface area contributed by atoms with Crippen LogP contribution < -0.4 is 9.61 Å². The molecule has 10 nitrogen and oxygen atoms in total. The van der Waals surface area contributed by atoms with Gasteiger partial charge in [-0.2, -0.15) is 0 Å². The molecular formula is C15H9N3O7S. The summed E-state index contributed by atoms with van der Waals surface area (Å²) < 4.78 is 6.84. The Morgan fingerprint density at radius 2 is 1.85 bits per heavy atom. The zero-order valence-corrected chi connectivity index (χ0v) is 13.7. The maximum Gasteiger partial charge on any atom is 0.331 e. The number of rotatable bonds is 5. The van der Waals surface area contributed by atoms with Crippen LogP contribution in [0.15, 0.2) is 47.3 Å². The topological polar surface area (TPSA) is 135 Å². The fourth-order valence-corrected chi connectivity index (χ4v) is 3.19. The monoisotopic (exact) mass is 375 g/mol. The van der Waals surface area contributed by atoms with E-state index < -0.39 is 39.5 Å². The second-order valence-electron chi connectivity index (χ2n) is 5.06. The van der Waals surface area contributed by atoms with E-state index in [1.807, 2.05) is 0 Å². The van der Waals surface area contributed by atoms with E-state index >= 15 is 0 Å². The predicted octanol–water partition coefficient (Wildman–Crippen LogP) is 2.49. The molecule has 0 N–H and O–H groups in total. The van der Waals surface area contributed by atoms with E-state index in [1.54, 1.807) is 24.3 Å². The molecule has 0 bridgehead atoms. The molecular weight excluding hydrogens is 366 g/mol. The van der Waals surface area contributed by atoms with Gasteiger partial charge < -0.3 is 4.74 Å². The minimum atomic E-state index is -0.910. The highest BCUT2D eigenvalue weighted by molar-refractivity contribution is 7.16. The number of ether oxygens (including phenoxy) is 1. The van der Waals surface area contributed by atoms with Crippen LogP contribution in [0.5, 0.6) is 5.75 Å². The van der Waals surface area contributed by atoms with E-state index in [1.165, 1.54) is 4.57 Å². The van der Waals surface area contributed by atoms with Gasteiger partial charge in [0.25, 0.3) is 5.69 Å². The molecule has 0 fully saturated rings. The van der Waals surface area contributed by atoms with Gasteiger partial charge >= 0.3 is 16.5 Å². The summed E-state index contributed by atoms with van der Waals surface area (Å²) in [6.45, 7) is -0.447. The average molecular weight is 375 g/mol. The number of nitrogens with zero attached hydrogens (tertiary/aromatic N) is 3. The molecule has 11 heteroatoms. The van der Waals surface area contributed by atoms with Gasteiger partial charge in [-0.25, -0.2) is 4.79 Å². The number of nitro benzene ring substituents is 2. The first kappa shape index (κ1) is 17.2. The molecule has 0 atom stereocenters. The maximum absolute atomic E-state index is 12.1. The highest BCUT2D eigenvalue weighted by atomic mass is 32.1. The van der Waals surface area contributed by atoms with Crippen molar-refractivity contribution >= 4 is 38.9 Å². The standard InChI is InChI=1S/C15H9N3O7S/c19-14(8-16-10-3-1-2-4-13(10)26-15(16)20)25-12-6-5-9(17(21)22)7-11(12)18(23)24/h1-7H,8H2. The molecule has 0 unspecified atom stereocenters. The third-order valence-corrected chi connectivity index (χ3v) is 4.39. The first-order valence-corrected chi connectivity index (χ1v) is 7.90. The second kappa shape index (κ2) is 6.72. The van der Waals surface area contributed by atoms with Crippen LogP contribution >= 0.6 is 11.3 Å². The number of para-hydroxylation sites is 1. The second-order valence-corrected chi connectivity index (χ2v) is 6.06. The van der Waals surface area contributed by atoms with E-state index in [2.05, 4.69) is 0 Å². The number of carbonyl (C=O) groups excluding carboxylic acids is 1. The van der Waals surface area contributed by atoms with Gasteiger partial charge in [0.15, 0.2) is 0 Å². The Bertz CT molecular complexity index is 1100. The number of non-ortho nitro benzene ring substituents is 1. The molecule has 0 saturated heterocycles. The Kier molecular flexibility index (Phi) is 4.45. The number of carbonyl (C=O) groups is 1. The molecule has 0 spiro atoms. The zero-order valence-electron chi connectivity index (χ0n) is 12.9. The predicted molar refractivity (Wildman–Crippen MR) is 91.5 cm³/mol. The summed E-state index contributed by atoms with van der Waals surface area (Å²) in [6, 6.07) is 9.51. The average Bonchev–Trinajstić information content (AvgIpc) is 2.90. The van der Waals surface area contributed by atoms with Crippen LogP contribution in [0.2, 0.25) is 0 Å². The van der Waals surface area contributed by atoms with Gasteiger partial charge in [0.05, 0.1) is 26.1 Å². The normalized spacial score (nSPS) is 10.6. The van der Waals surface area contributed by atoms with Crippen LogP contribution in [0.3, 0.4) is 0 Å². The Hall–Kier alpha value is -3.60. The summed E-state index contributed by atoms with van der Waals surface area (Å²) in [6.07, 6.45) is 0. The molecule has 0 radical (unpaired) electrons. The van der Waals surface area contributed by atoms with E-state index in [-0.39, 0.29) is 4.87 Å². The molecule has 0 aliphatic carbocycles. The van der Waals surface area contributed by atoms with Crippen molar-refractivity contribution in [1.29, 1.82) is 0 Å². The number of fused-ring (bicyclic) bond motifs is 1. The highest BCUT2D eigenvalue weighted by Crippen LogP contribution is 2.31. The first-order valence-electron chi connectivity index (χ1n) is 7.08. The van der Waals surface area contributed by atoms with Gasteiger partial charge in [0, 0.05) is 6.07 Å². The molecule has 0 aliphatic heterocycles. The number of benzene rings is 2. The van der Waals surface area contributed by atoms with Crippen LogP contribution in [-0.4, -0.2) is 20.4 Å². The van der Waals surface area contributed by atoms with Crippen molar-refractivity contribution < 1.29 is 19.4 Å². The van der Waals surface area contributed by atoms with Crippen molar-refractivity contribution in [2.75, 3.05) is 0 Å². The first-order chi connectivity index (χ1) is 12.4. The summed E-state index contributed by atoms with van der Waals surface area (Å²) in [4.78, 5) is 43.9. The lowest BCUT2D eigenvalue weighted by Gasteiger charge is -2.06. The summed E-state index contributed by atoms with van der Waals surface area (Å²) in [5, 5.41) is 21.8. The minimum Gasteiger partial charge on any atom is -0.418 e. The molecule has 0 aliphatic rings. The number of esters is 1. The lowest BCUT2D eigenvalue weighted by molar-refractivity contribution is -0.394. The SMILES string of the molecule is O=C(Cn1c(=O)sc2ccccc21)Oc1ccc([N+](=O)[O-])cc1[N+](=O)[O-]. The molecule has 132 valence electrons. The van der Waals surface area contributed by atoms with Crippen molar-refractivity contribution in [1.82, 2.24) is 4.57 Å². The van der Waals surface area contributed by atoms with Crippen LogP contribution in [0.25, 0.3) is 10.2 Å². The Balaban J connectivity index is 1.88. The summed E-state index contributed by atoms with van der Waals surface area (Å²) in [5.74, 6) is -1.34. The van der Waals surface area contributed by atoms with Gasteiger partial charge in [-0.1, -0.05) is 23.5 Å². The van der Waals surface area contributed by atoms with Gasteiger partial charge in [-0.05, 0) is 18.2 Å². The van der Waals surface area contributed by atoms with E-state index in [4.69, 9.17) is 4.74 Å². The number of nitro groups is 2. The zero-order chi connectivity index (χ0) is 18.8. The molecule has 0 amide bonds. The van der Waals surface area contributed by atoms with E-state index in [9.17, 15) is 29.8 Å². The number of hydrogen-bond acceptors (Lipinski definition) is 8. The van der Waals surface area contributed by atoms with Crippen molar-refractivity contribution in [3.05, 3.63) is 72.4 Å². The number of hydrogen-bond donors (Lipinski definition) is 0. The number of thiazole rings is 1. The van der Waals surface area contributed by atoms with Crippen LogP contribution in [0.4, 0.5) is 11.4 Å². The number of aromatic nitrogens is 1. The molecule has 1 heterocycles. The molecule has 1 aromatic heterocycles.